The highest BCUT2D eigenvalue weighted by Crippen LogP contribution is 2.74. The maximum atomic E-state index is 15.1. The summed E-state index contributed by atoms with van der Waals surface area (Å²) in [5, 5.41) is 30.8. The maximum absolute atomic E-state index is 15.1. The molecule has 0 aliphatic heterocycles. The molecule has 0 spiro atoms. The molecule has 6 rings (SSSR count). The van der Waals surface area contributed by atoms with Gasteiger partial charge in [-0.05, 0) is 146 Å². The van der Waals surface area contributed by atoms with Crippen molar-refractivity contribution in [3.63, 3.8) is 0 Å². The predicted molar refractivity (Wildman–Crippen MR) is 198 cm³/mol. The number of rotatable bonds is 12. The summed E-state index contributed by atoms with van der Waals surface area (Å²) in [6.07, 6.45) is 5.16. The van der Waals surface area contributed by atoms with Crippen LogP contribution in [0.3, 0.4) is 0 Å². The molecule has 53 heavy (non-hydrogen) atoms. The average molecular weight is 729 g/mol. The van der Waals surface area contributed by atoms with Gasteiger partial charge in [-0.1, -0.05) is 26.0 Å². The van der Waals surface area contributed by atoms with Gasteiger partial charge in [0.05, 0.1) is 0 Å². The predicted octanol–water partition coefficient (Wildman–Crippen LogP) is 6.59. The van der Waals surface area contributed by atoms with Crippen molar-refractivity contribution in [2.45, 2.75) is 105 Å². The van der Waals surface area contributed by atoms with Crippen molar-refractivity contribution in [2.24, 2.45) is 51.8 Å². The summed E-state index contributed by atoms with van der Waals surface area (Å²) in [6.45, 7) is 8.25. The average Bonchev–Trinajstić information content (AvgIpc) is 3.58. The SMILES string of the molecule is CC(=O)OCC(=O)C1(C2CC(C(=O)CO)C3(C)CC(=O)CC(CCc4cc(O)ccc4C)C23)CCC2C(CCc3cc(O)ccc3C)CC(=O)CC21C. The highest BCUT2D eigenvalue weighted by Gasteiger charge is 2.73. The van der Waals surface area contributed by atoms with Crippen LogP contribution in [0.25, 0.3) is 0 Å². The van der Waals surface area contributed by atoms with Gasteiger partial charge in [0.1, 0.15) is 29.7 Å². The minimum absolute atomic E-state index is 0.00785. The Hall–Kier alpha value is -3.85. The number of phenolic OH excluding ortho intramolecular Hbond substituents is 2. The van der Waals surface area contributed by atoms with E-state index in [2.05, 4.69) is 6.92 Å². The molecular formula is C44H56O9. The van der Waals surface area contributed by atoms with Crippen LogP contribution in [0, 0.1) is 65.6 Å². The first kappa shape index (κ1) is 38.9. The summed E-state index contributed by atoms with van der Waals surface area (Å²) in [5.41, 5.74) is 1.36. The van der Waals surface area contributed by atoms with Gasteiger partial charge in [-0.3, -0.25) is 24.0 Å². The molecular weight excluding hydrogens is 672 g/mol. The Labute approximate surface area is 312 Å². The highest BCUT2D eigenvalue weighted by atomic mass is 16.5. The van der Waals surface area contributed by atoms with Gasteiger partial charge in [0.2, 0.25) is 0 Å². The third kappa shape index (κ3) is 6.87. The standard InChI is InChI=1S/C44H56O9/c1-25-6-12-32(47)16-28(25)8-10-30-18-35(50)22-43(5)36(30)14-15-44(43,40(52)24-53-27(3)46)38-20-37(39(51)23-45)42(4)21-34(49)19-31(41(38)42)11-9-29-17-33(48)13-7-26(29)2/h6-7,12-13,16-17,30-31,36-38,41,45,47-48H,8-11,14-15,18-24H2,1-5H3. The van der Waals surface area contributed by atoms with E-state index in [-0.39, 0.29) is 71.1 Å². The fourth-order valence-electron chi connectivity index (χ4n) is 12.5. The first-order valence-corrected chi connectivity index (χ1v) is 19.4. The number of benzene rings is 2. The number of esters is 1. The topological polar surface area (TPSA) is 155 Å². The molecule has 0 heterocycles. The van der Waals surface area contributed by atoms with Crippen LogP contribution in [0.4, 0.5) is 0 Å². The lowest BCUT2D eigenvalue weighted by Gasteiger charge is -2.56. The molecule has 0 aromatic heterocycles. The summed E-state index contributed by atoms with van der Waals surface area (Å²) < 4.78 is 5.46. The fourth-order valence-corrected chi connectivity index (χ4v) is 12.5. The molecule has 0 amide bonds. The molecule has 3 N–H and O–H groups in total. The molecule has 9 heteroatoms. The second-order valence-electron chi connectivity index (χ2n) is 17.4. The minimum atomic E-state index is -1.11. The van der Waals surface area contributed by atoms with E-state index in [1.54, 1.807) is 24.3 Å². The van der Waals surface area contributed by atoms with Crippen molar-refractivity contribution < 1.29 is 44.0 Å². The highest BCUT2D eigenvalue weighted by molar-refractivity contribution is 5.92. The Bertz CT molecular complexity index is 1800. The zero-order valence-corrected chi connectivity index (χ0v) is 31.9. The van der Waals surface area contributed by atoms with E-state index in [0.717, 1.165) is 22.3 Å². The number of carbonyl (C=O) groups is 5. The minimum Gasteiger partial charge on any atom is -0.508 e. The van der Waals surface area contributed by atoms with Crippen molar-refractivity contribution in [1.29, 1.82) is 0 Å². The number of Topliss-reactive ketones (excluding diaryl/α,β-unsaturated/α-hetero) is 4. The summed E-state index contributed by atoms with van der Waals surface area (Å²) in [4.78, 5) is 68.6. The zero-order chi connectivity index (χ0) is 38.5. The summed E-state index contributed by atoms with van der Waals surface area (Å²) in [5.74, 6) is -2.10. The van der Waals surface area contributed by atoms with Crippen molar-refractivity contribution in [1.82, 2.24) is 0 Å². The molecule has 9 atom stereocenters. The van der Waals surface area contributed by atoms with Crippen LogP contribution in [0.5, 0.6) is 11.5 Å². The Morgan fingerprint density at radius 3 is 1.98 bits per heavy atom. The molecule has 0 radical (unpaired) electrons. The zero-order valence-electron chi connectivity index (χ0n) is 31.9. The van der Waals surface area contributed by atoms with E-state index in [9.17, 15) is 34.5 Å². The van der Waals surface area contributed by atoms with Crippen LogP contribution in [-0.2, 0) is 41.6 Å². The second kappa shape index (κ2) is 14.8. The smallest absolute Gasteiger partial charge is 0.303 e. The third-order valence-corrected chi connectivity index (χ3v) is 14.7. The first-order chi connectivity index (χ1) is 25.0. The lowest BCUT2D eigenvalue weighted by atomic mass is 9.46. The number of aromatic hydroxyl groups is 2. The van der Waals surface area contributed by atoms with Gasteiger partial charge in [-0.15, -0.1) is 0 Å². The number of aliphatic hydroxyl groups is 1. The lowest BCUT2D eigenvalue weighted by molar-refractivity contribution is -0.164. The number of phenols is 2. The van der Waals surface area contributed by atoms with E-state index in [1.807, 2.05) is 32.9 Å². The van der Waals surface area contributed by atoms with Gasteiger partial charge in [0.25, 0.3) is 0 Å². The molecule has 9 nitrogen and oxygen atoms in total. The van der Waals surface area contributed by atoms with Crippen LogP contribution in [0.1, 0.15) is 101 Å². The number of aliphatic hydroxyl groups excluding tert-OH is 1. The van der Waals surface area contributed by atoms with Crippen molar-refractivity contribution >= 4 is 29.1 Å². The largest absolute Gasteiger partial charge is 0.508 e. The molecule has 0 bridgehead atoms. The number of aryl methyl sites for hydroxylation is 4. The molecule has 0 saturated heterocycles. The van der Waals surface area contributed by atoms with Crippen LogP contribution >= 0.6 is 0 Å². The second-order valence-corrected chi connectivity index (χ2v) is 17.4. The molecule has 286 valence electrons. The number of hydrogen-bond acceptors (Lipinski definition) is 9. The van der Waals surface area contributed by atoms with Gasteiger partial charge < -0.3 is 20.1 Å². The van der Waals surface area contributed by atoms with E-state index in [1.165, 1.54) is 6.92 Å². The summed E-state index contributed by atoms with van der Waals surface area (Å²) in [6, 6.07) is 10.6. The summed E-state index contributed by atoms with van der Waals surface area (Å²) >= 11 is 0. The number of fused-ring (bicyclic) bond motifs is 2. The number of carbonyl (C=O) groups excluding carboxylic acids is 5. The van der Waals surface area contributed by atoms with Crippen LogP contribution in [0.15, 0.2) is 36.4 Å². The first-order valence-electron chi connectivity index (χ1n) is 19.4. The summed E-state index contributed by atoms with van der Waals surface area (Å²) in [7, 11) is 0. The fraction of sp³-hybridized carbons (Fsp3) is 0.614. The van der Waals surface area contributed by atoms with E-state index < -0.39 is 47.3 Å². The van der Waals surface area contributed by atoms with Gasteiger partial charge in [-0.25, -0.2) is 0 Å². The molecule has 4 fully saturated rings. The molecule has 2 aromatic carbocycles. The lowest BCUT2D eigenvalue weighted by Crippen LogP contribution is -2.57. The van der Waals surface area contributed by atoms with Crippen LogP contribution < -0.4 is 0 Å². The quantitative estimate of drug-likeness (QED) is 0.205. The van der Waals surface area contributed by atoms with E-state index >= 15 is 4.79 Å². The monoisotopic (exact) mass is 728 g/mol. The molecule has 9 unspecified atom stereocenters. The molecule has 2 aromatic rings. The van der Waals surface area contributed by atoms with Gasteiger partial charge in [-0.2, -0.15) is 0 Å². The Kier molecular flexibility index (Phi) is 10.8. The number of hydrogen-bond donors (Lipinski definition) is 3. The Morgan fingerprint density at radius 1 is 0.830 bits per heavy atom. The molecule has 4 aliphatic rings. The Balaban J connectivity index is 1.44. The van der Waals surface area contributed by atoms with Crippen molar-refractivity contribution in [3.05, 3.63) is 58.7 Å². The normalized spacial score (nSPS) is 33.7. The van der Waals surface area contributed by atoms with Gasteiger partial charge >= 0.3 is 5.97 Å². The van der Waals surface area contributed by atoms with Crippen molar-refractivity contribution in [3.8, 4) is 11.5 Å². The maximum Gasteiger partial charge on any atom is 0.303 e. The van der Waals surface area contributed by atoms with Gasteiger partial charge in [0.15, 0.2) is 18.2 Å². The van der Waals surface area contributed by atoms with Crippen LogP contribution in [-0.4, -0.2) is 57.6 Å². The Morgan fingerprint density at radius 2 is 1.40 bits per heavy atom. The number of ether oxygens (including phenoxy) is 1. The third-order valence-electron chi connectivity index (χ3n) is 14.7. The van der Waals surface area contributed by atoms with E-state index in [4.69, 9.17) is 4.74 Å². The molecule has 4 saturated carbocycles. The van der Waals surface area contributed by atoms with E-state index in [0.29, 0.717) is 57.8 Å². The molecule has 4 aliphatic carbocycles. The van der Waals surface area contributed by atoms with Gasteiger partial charge in [0, 0.05) is 43.9 Å². The number of ketones is 4. The van der Waals surface area contributed by atoms with Crippen LogP contribution in [0.2, 0.25) is 0 Å². The van der Waals surface area contributed by atoms with Crippen molar-refractivity contribution in [2.75, 3.05) is 13.2 Å².